The van der Waals surface area contributed by atoms with Crippen molar-refractivity contribution in [1.82, 2.24) is 9.80 Å². The van der Waals surface area contributed by atoms with Crippen LogP contribution in [0.25, 0.3) is 0 Å². The van der Waals surface area contributed by atoms with Gasteiger partial charge in [-0.05, 0) is 61.4 Å². The van der Waals surface area contributed by atoms with Crippen LogP contribution in [0.15, 0.2) is 57.5 Å². The average molecular weight is 524 g/mol. The molecule has 2 aromatic carbocycles. The van der Waals surface area contributed by atoms with Crippen molar-refractivity contribution >= 4 is 55.4 Å². The third-order valence-electron chi connectivity index (χ3n) is 5.44. The van der Waals surface area contributed by atoms with Crippen LogP contribution < -0.4 is 0 Å². The standard InChI is InChI=1S/C21H20Br2N2O2S/c22-17-5-1-15(2-6-17)19(26)24-11-9-21(10-12-24)25(13-14-28-21)20(27)16-3-7-18(23)8-4-16/h1-8H,9-14H2. The molecule has 0 saturated carbocycles. The van der Waals surface area contributed by atoms with Crippen LogP contribution in [-0.2, 0) is 0 Å². The SMILES string of the molecule is O=C(c1ccc(Br)cc1)N1CCC2(CC1)SCCN2C(=O)c1ccc(Br)cc1. The van der Waals surface area contributed by atoms with Crippen molar-refractivity contribution in [2.45, 2.75) is 17.7 Å². The van der Waals surface area contributed by atoms with Gasteiger partial charge in [0.05, 0.1) is 4.87 Å². The van der Waals surface area contributed by atoms with Gasteiger partial charge in [0.1, 0.15) is 0 Å². The molecule has 2 fully saturated rings. The molecule has 4 rings (SSSR count). The maximum atomic E-state index is 13.1. The molecule has 2 aliphatic rings. The minimum Gasteiger partial charge on any atom is -0.338 e. The zero-order valence-corrected chi connectivity index (χ0v) is 19.2. The fraction of sp³-hybridized carbons (Fsp3) is 0.333. The lowest BCUT2D eigenvalue weighted by molar-refractivity contribution is 0.0498. The molecule has 0 bridgehead atoms. The van der Waals surface area contributed by atoms with Crippen molar-refractivity contribution < 1.29 is 9.59 Å². The first-order chi connectivity index (χ1) is 13.5. The molecule has 2 amide bonds. The molecule has 146 valence electrons. The zero-order chi connectivity index (χ0) is 19.7. The summed E-state index contributed by atoms with van der Waals surface area (Å²) in [5.74, 6) is 1.10. The van der Waals surface area contributed by atoms with Gasteiger partial charge in [0.2, 0.25) is 0 Å². The number of piperidine rings is 1. The summed E-state index contributed by atoms with van der Waals surface area (Å²) in [6.45, 7) is 2.11. The van der Waals surface area contributed by atoms with E-state index in [4.69, 9.17) is 0 Å². The summed E-state index contributed by atoms with van der Waals surface area (Å²) < 4.78 is 1.93. The monoisotopic (exact) mass is 522 g/mol. The van der Waals surface area contributed by atoms with Gasteiger partial charge in [-0.1, -0.05) is 31.9 Å². The highest BCUT2D eigenvalue weighted by molar-refractivity contribution is 9.10. The molecule has 2 aliphatic heterocycles. The molecule has 0 N–H and O–H groups in total. The molecular weight excluding hydrogens is 504 g/mol. The molecular formula is C21H20Br2N2O2S. The summed E-state index contributed by atoms with van der Waals surface area (Å²) in [4.78, 5) is 29.7. The summed E-state index contributed by atoms with van der Waals surface area (Å²) in [6.07, 6.45) is 1.62. The van der Waals surface area contributed by atoms with Crippen molar-refractivity contribution in [1.29, 1.82) is 0 Å². The number of halogens is 2. The minimum absolute atomic E-state index is 0.0659. The van der Waals surface area contributed by atoms with Crippen molar-refractivity contribution in [3.63, 3.8) is 0 Å². The third-order valence-corrected chi connectivity index (χ3v) is 8.05. The Balaban J connectivity index is 1.46. The van der Waals surface area contributed by atoms with Crippen LogP contribution in [0.2, 0.25) is 0 Å². The number of amides is 2. The number of nitrogens with zero attached hydrogens (tertiary/aromatic N) is 2. The van der Waals surface area contributed by atoms with E-state index in [9.17, 15) is 9.59 Å². The summed E-state index contributed by atoms with van der Waals surface area (Å²) in [5.41, 5.74) is 1.43. The molecule has 2 saturated heterocycles. The van der Waals surface area contributed by atoms with Gasteiger partial charge in [-0.15, -0.1) is 11.8 Å². The van der Waals surface area contributed by atoms with Gasteiger partial charge in [0.15, 0.2) is 0 Å². The molecule has 2 heterocycles. The van der Waals surface area contributed by atoms with E-state index in [0.717, 1.165) is 39.6 Å². The number of rotatable bonds is 2. The molecule has 0 aliphatic carbocycles. The highest BCUT2D eigenvalue weighted by atomic mass is 79.9. The minimum atomic E-state index is -0.194. The lowest BCUT2D eigenvalue weighted by Gasteiger charge is -2.44. The van der Waals surface area contributed by atoms with Crippen LogP contribution >= 0.6 is 43.6 Å². The fourth-order valence-corrected chi connectivity index (χ4v) is 5.88. The number of carbonyl (C=O) groups is 2. The summed E-state index contributed by atoms with van der Waals surface area (Å²) >= 11 is 8.69. The molecule has 1 spiro atoms. The largest absolute Gasteiger partial charge is 0.338 e. The molecule has 0 radical (unpaired) electrons. The molecule has 0 aromatic heterocycles. The van der Waals surface area contributed by atoms with Gasteiger partial charge < -0.3 is 9.80 Å². The first kappa shape index (κ1) is 20.0. The molecule has 2 aromatic rings. The smallest absolute Gasteiger partial charge is 0.254 e. The Morgan fingerprint density at radius 2 is 1.29 bits per heavy atom. The summed E-state index contributed by atoms with van der Waals surface area (Å²) in [5, 5.41) is 0. The van der Waals surface area contributed by atoms with Crippen LogP contribution in [0.4, 0.5) is 0 Å². The zero-order valence-electron chi connectivity index (χ0n) is 15.2. The van der Waals surface area contributed by atoms with Crippen molar-refractivity contribution in [3.05, 3.63) is 68.6 Å². The lowest BCUT2D eigenvalue weighted by Crippen LogP contribution is -2.53. The second-order valence-electron chi connectivity index (χ2n) is 7.06. The van der Waals surface area contributed by atoms with E-state index < -0.39 is 0 Å². The Kier molecular flexibility index (Phi) is 5.86. The topological polar surface area (TPSA) is 40.6 Å². The maximum Gasteiger partial charge on any atom is 0.254 e. The highest BCUT2D eigenvalue weighted by Crippen LogP contribution is 2.44. The predicted molar refractivity (Wildman–Crippen MR) is 120 cm³/mol. The maximum absolute atomic E-state index is 13.1. The molecule has 0 unspecified atom stereocenters. The van der Waals surface area contributed by atoms with Crippen LogP contribution in [0, 0.1) is 0 Å². The van der Waals surface area contributed by atoms with Gasteiger partial charge >= 0.3 is 0 Å². The van der Waals surface area contributed by atoms with E-state index in [0.29, 0.717) is 18.7 Å². The highest BCUT2D eigenvalue weighted by Gasteiger charge is 2.47. The first-order valence-corrected chi connectivity index (χ1v) is 11.8. The Bertz CT molecular complexity index is 878. The number of carbonyl (C=O) groups excluding carboxylic acids is 2. The van der Waals surface area contributed by atoms with E-state index in [1.807, 2.05) is 70.1 Å². The van der Waals surface area contributed by atoms with Gasteiger partial charge in [-0.25, -0.2) is 0 Å². The quantitative estimate of drug-likeness (QED) is 0.554. The van der Waals surface area contributed by atoms with E-state index >= 15 is 0 Å². The lowest BCUT2D eigenvalue weighted by atomic mass is 10.00. The van der Waals surface area contributed by atoms with Crippen LogP contribution in [0.1, 0.15) is 33.6 Å². The van der Waals surface area contributed by atoms with E-state index in [-0.39, 0.29) is 16.7 Å². The van der Waals surface area contributed by atoms with Gasteiger partial charge in [0.25, 0.3) is 11.8 Å². The summed E-state index contributed by atoms with van der Waals surface area (Å²) in [6, 6.07) is 15.0. The number of hydrogen-bond donors (Lipinski definition) is 0. The average Bonchev–Trinajstić information content (AvgIpc) is 3.11. The number of likely N-dealkylation sites (tertiary alicyclic amines) is 1. The molecule has 0 atom stereocenters. The number of benzene rings is 2. The Morgan fingerprint density at radius 3 is 1.82 bits per heavy atom. The summed E-state index contributed by atoms with van der Waals surface area (Å²) in [7, 11) is 0. The van der Waals surface area contributed by atoms with Crippen LogP contribution in [0.3, 0.4) is 0 Å². The Morgan fingerprint density at radius 1 is 0.786 bits per heavy atom. The Hall–Kier alpha value is -1.31. The van der Waals surface area contributed by atoms with Crippen LogP contribution in [0.5, 0.6) is 0 Å². The van der Waals surface area contributed by atoms with Crippen LogP contribution in [-0.4, -0.2) is 51.9 Å². The molecule has 28 heavy (non-hydrogen) atoms. The normalized spacial score (nSPS) is 18.5. The predicted octanol–water partition coefficient (Wildman–Crippen LogP) is 5.03. The van der Waals surface area contributed by atoms with E-state index in [1.165, 1.54) is 0 Å². The van der Waals surface area contributed by atoms with Gasteiger partial charge in [0, 0.05) is 45.5 Å². The first-order valence-electron chi connectivity index (χ1n) is 9.25. The van der Waals surface area contributed by atoms with Crippen molar-refractivity contribution in [2.24, 2.45) is 0 Å². The van der Waals surface area contributed by atoms with Crippen molar-refractivity contribution in [3.8, 4) is 0 Å². The van der Waals surface area contributed by atoms with Gasteiger partial charge in [-0.3, -0.25) is 9.59 Å². The molecule has 4 nitrogen and oxygen atoms in total. The molecule has 7 heteroatoms. The van der Waals surface area contributed by atoms with E-state index in [2.05, 4.69) is 31.9 Å². The Labute approximate surface area is 185 Å². The number of thioether (sulfide) groups is 1. The second kappa shape index (κ2) is 8.20. The second-order valence-corrected chi connectivity index (χ2v) is 10.3. The van der Waals surface area contributed by atoms with Crippen molar-refractivity contribution in [2.75, 3.05) is 25.4 Å². The van der Waals surface area contributed by atoms with E-state index in [1.54, 1.807) is 0 Å². The number of hydrogen-bond acceptors (Lipinski definition) is 3. The fourth-order valence-electron chi connectivity index (χ4n) is 3.89. The van der Waals surface area contributed by atoms with Gasteiger partial charge in [-0.2, -0.15) is 0 Å². The third kappa shape index (κ3) is 3.89.